The third kappa shape index (κ3) is 7.28. The number of benzene rings is 2. The van der Waals surface area contributed by atoms with Crippen molar-refractivity contribution in [3.63, 3.8) is 0 Å². The molecule has 1 aliphatic heterocycles. The highest BCUT2D eigenvalue weighted by molar-refractivity contribution is 14.0. The minimum absolute atomic E-state index is 0. The number of fused-ring (bicyclic) bond motifs is 1. The summed E-state index contributed by atoms with van der Waals surface area (Å²) in [7, 11) is 0. The van der Waals surface area contributed by atoms with E-state index in [1.807, 2.05) is 18.2 Å². The molecule has 0 saturated carbocycles. The number of guanidine groups is 1. The van der Waals surface area contributed by atoms with Crippen LogP contribution in [0.15, 0.2) is 53.5 Å². The Morgan fingerprint density at radius 2 is 1.74 bits per heavy atom. The van der Waals surface area contributed by atoms with Crippen LogP contribution >= 0.6 is 24.0 Å². The summed E-state index contributed by atoms with van der Waals surface area (Å²) in [6.45, 7) is 2.09. The third-order valence-electron chi connectivity index (χ3n) is 4.27. The Balaban J connectivity index is 0.00000261. The summed E-state index contributed by atoms with van der Waals surface area (Å²) in [4.78, 5) is 4.41. The summed E-state index contributed by atoms with van der Waals surface area (Å²) in [5.74, 6) is 1.96. The van der Waals surface area contributed by atoms with Gasteiger partial charge < -0.3 is 20.5 Å². The molecule has 3 rings (SSSR count). The number of nitrogens with two attached hydrogens (primary N) is 1. The number of rotatable bonds is 7. The van der Waals surface area contributed by atoms with E-state index in [2.05, 4.69) is 40.6 Å². The van der Waals surface area contributed by atoms with Gasteiger partial charge in [-0.25, -0.2) is 0 Å². The Labute approximate surface area is 178 Å². The van der Waals surface area contributed by atoms with Crippen molar-refractivity contribution in [2.75, 3.05) is 25.1 Å². The molecule has 0 saturated heterocycles. The zero-order valence-corrected chi connectivity index (χ0v) is 17.9. The second-order valence-corrected chi connectivity index (χ2v) is 6.40. The van der Waals surface area contributed by atoms with Gasteiger partial charge in [-0.1, -0.05) is 36.8 Å². The van der Waals surface area contributed by atoms with Crippen molar-refractivity contribution in [1.82, 2.24) is 0 Å². The van der Waals surface area contributed by atoms with Gasteiger partial charge in [-0.05, 0) is 37.0 Å². The molecule has 0 spiro atoms. The molecular weight excluding hydrogens is 453 g/mol. The fourth-order valence-corrected chi connectivity index (χ4v) is 2.89. The van der Waals surface area contributed by atoms with Crippen molar-refractivity contribution in [1.29, 1.82) is 0 Å². The molecule has 6 heteroatoms. The van der Waals surface area contributed by atoms with E-state index in [-0.39, 0.29) is 24.0 Å². The fraction of sp³-hybridized carbons (Fsp3) is 0.381. The predicted octanol–water partition coefficient (Wildman–Crippen LogP) is 4.61. The zero-order chi connectivity index (χ0) is 18.0. The molecule has 3 N–H and O–H groups in total. The van der Waals surface area contributed by atoms with Gasteiger partial charge in [0.1, 0.15) is 0 Å². The van der Waals surface area contributed by atoms with Gasteiger partial charge in [-0.3, -0.25) is 4.99 Å². The monoisotopic (exact) mass is 481 g/mol. The molecule has 0 unspecified atom stereocenters. The number of aliphatic imine (C=N–C) groups is 1. The first-order valence-electron chi connectivity index (χ1n) is 9.32. The first kappa shape index (κ1) is 21.3. The molecule has 0 atom stereocenters. The Morgan fingerprint density at radius 1 is 0.963 bits per heavy atom. The van der Waals surface area contributed by atoms with Gasteiger partial charge in [0, 0.05) is 24.7 Å². The summed E-state index contributed by atoms with van der Waals surface area (Å²) < 4.78 is 11.3. The van der Waals surface area contributed by atoms with Crippen molar-refractivity contribution in [3.05, 3.63) is 54.1 Å². The van der Waals surface area contributed by atoms with Gasteiger partial charge in [-0.2, -0.15) is 0 Å². The molecule has 2 aromatic carbocycles. The van der Waals surface area contributed by atoms with E-state index in [1.54, 1.807) is 0 Å². The number of nitrogens with zero attached hydrogens (tertiary/aromatic N) is 1. The Kier molecular flexibility index (Phi) is 9.24. The van der Waals surface area contributed by atoms with Crippen LogP contribution in [0.5, 0.6) is 11.5 Å². The smallest absolute Gasteiger partial charge is 0.193 e. The highest BCUT2D eigenvalue weighted by Crippen LogP contribution is 2.32. The molecule has 2 aromatic rings. The molecule has 5 nitrogen and oxygen atoms in total. The van der Waals surface area contributed by atoms with Crippen molar-refractivity contribution in [2.45, 2.75) is 32.1 Å². The summed E-state index contributed by atoms with van der Waals surface area (Å²) >= 11 is 0. The average Bonchev–Trinajstić information content (AvgIpc) is 2.90. The quantitative estimate of drug-likeness (QED) is 0.263. The van der Waals surface area contributed by atoms with Crippen LogP contribution in [-0.4, -0.2) is 25.7 Å². The highest BCUT2D eigenvalue weighted by atomic mass is 127. The number of ether oxygens (including phenoxy) is 2. The number of aryl methyl sites for hydroxylation is 1. The number of nitrogens with one attached hydrogen (secondary N) is 1. The van der Waals surface area contributed by atoms with Crippen molar-refractivity contribution >= 4 is 35.6 Å². The predicted molar refractivity (Wildman–Crippen MR) is 122 cm³/mol. The van der Waals surface area contributed by atoms with E-state index < -0.39 is 0 Å². The molecular formula is C21H28IN3O2. The van der Waals surface area contributed by atoms with Crippen LogP contribution in [0.25, 0.3) is 0 Å². The van der Waals surface area contributed by atoms with Gasteiger partial charge in [-0.15, -0.1) is 24.0 Å². The largest absolute Gasteiger partial charge is 0.490 e. The normalized spacial score (nSPS) is 13.4. The number of halogens is 1. The lowest BCUT2D eigenvalue weighted by atomic mass is 10.1. The highest BCUT2D eigenvalue weighted by Gasteiger charge is 2.10. The number of unbranched alkanes of at least 4 members (excludes halogenated alkanes) is 2. The van der Waals surface area contributed by atoms with E-state index in [1.165, 1.54) is 12.0 Å². The maximum Gasteiger partial charge on any atom is 0.193 e. The van der Waals surface area contributed by atoms with E-state index >= 15 is 0 Å². The van der Waals surface area contributed by atoms with Gasteiger partial charge in [0.25, 0.3) is 0 Å². The van der Waals surface area contributed by atoms with Crippen molar-refractivity contribution in [2.24, 2.45) is 10.7 Å². The Bertz CT molecular complexity index is 723. The maximum atomic E-state index is 5.99. The van der Waals surface area contributed by atoms with Crippen LogP contribution < -0.4 is 20.5 Å². The molecule has 27 heavy (non-hydrogen) atoms. The second-order valence-electron chi connectivity index (χ2n) is 6.40. The molecule has 0 aromatic heterocycles. The minimum Gasteiger partial charge on any atom is -0.490 e. The summed E-state index contributed by atoms with van der Waals surface area (Å²) in [5.41, 5.74) is 8.24. The summed E-state index contributed by atoms with van der Waals surface area (Å²) in [5, 5.41) is 3.12. The standard InChI is InChI=1S/C21H27N3O2.HI/c22-21(23-13-6-2-5-10-17-8-3-1-4-9-17)24-18-11-12-19-20(16-18)26-15-7-14-25-19;/h1,3-4,8-9,11-12,16H,2,5-7,10,13-15H2,(H3,22,23,24);1H. The van der Waals surface area contributed by atoms with Gasteiger partial charge in [0.2, 0.25) is 0 Å². The molecule has 0 aliphatic carbocycles. The van der Waals surface area contributed by atoms with E-state index in [0.717, 1.165) is 49.4 Å². The van der Waals surface area contributed by atoms with E-state index in [4.69, 9.17) is 15.2 Å². The van der Waals surface area contributed by atoms with E-state index in [9.17, 15) is 0 Å². The molecule has 0 amide bonds. The summed E-state index contributed by atoms with van der Waals surface area (Å²) in [6, 6.07) is 16.3. The topological polar surface area (TPSA) is 68.9 Å². The van der Waals surface area contributed by atoms with Crippen LogP contribution in [0.4, 0.5) is 5.69 Å². The minimum atomic E-state index is 0. The molecule has 1 heterocycles. The molecule has 0 fully saturated rings. The van der Waals surface area contributed by atoms with E-state index in [0.29, 0.717) is 19.2 Å². The summed E-state index contributed by atoms with van der Waals surface area (Å²) in [6.07, 6.45) is 5.38. The zero-order valence-electron chi connectivity index (χ0n) is 15.5. The van der Waals surface area contributed by atoms with Crippen LogP contribution in [-0.2, 0) is 6.42 Å². The SMILES string of the molecule is I.NC(=NCCCCCc1ccccc1)Nc1ccc2c(c1)OCCCO2. The van der Waals surface area contributed by atoms with Crippen LogP contribution in [0.3, 0.4) is 0 Å². The van der Waals surface area contributed by atoms with Crippen molar-refractivity contribution in [3.8, 4) is 11.5 Å². The average molecular weight is 481 g/mol. The van der Waals surface area contributed by atoms with Gasteiger partial charge in [0.05, 0.1) is 13.2 Å². The second kappa shape index (κ2) is 11.7. The number of anilines is 1. The van der Waals surface area contributed by atoms with Gasteiger partial charge >= 0.3 is 0 Å². The number of hydrogen-bond donors (Lipinski definition) is 2. The molecule has 0 bridgehead atoms. The first-order chi connectivity index (χ1) is 12.8. The first-order valence-corrected chi connectivity index (χ1v) is 9.32. The van der Waals surface area contributed by atoms with Crippen LogP contribution in [0.1, 0.15) is 31.2 Å². The molecule has 1 aliphatic rings. The Morgan fingerprint density at radius 3 is 2.56 bits per heavy atom. The van der Waals surface area contributed by atoms with Crippen LogP contribution in [0.2, 0.25) is 0 Å². The Hall–Kier alpha value is -1.96. The lowest BCUT2D eigenvalue weighted by molar-refractivity contribution is 0.297. The third-order valence-corrected chi connectivity index (χ3v) is 4.27. The molecule has 0 radical (unpaired) electrons. The van der Waals surface area contributed by atoms with Crippen molar-refractivity contribution < 1.29 is 9.47 Å². The maximum absolute atomic E-state index is 5.99. The number of hydrogen-bond acceptors (Lipinski definition) is 3. The fourth-order valence-electron chi connectivity index (χ4n) is 2.89. The molecule has 146 valence electrons. The lowest BCUT2D eigenvalue weighted by Crippen LogP contribution is -2.22. The lowest BCUT2D eigenvalue weighted by Gasteiger charge is -2.10. The van der Waals surface area contributed by atoms with Crippen LogP contribution in [0, 0.1) is 0 Å². The van der Waals surface area contributed by atoms with Gasteiger partial charge in [0.15, 0.2) is 17.5 Å².